The van der Waals surface area contributed by atoms with Crippen molar-refractivity contribution in [3.05, 3.63) is 33.4 Å². The van der Waals surface area contributed by atoms with E-state index >= 15 is 0 Å². The molecule has 0 radical (unpaired) electrons. The molecule has 0 aliphatic carbocycles. The van der Waals surface area contributed by atoms with Gasteiger partial charge in [0.05, 0.1) is 5.60 Å². The van der Waals surface area contributed by atoms with E-state index in [9.17, 15) is 5.11 Å². The summed E-state index contributed by atoms with van der Waals surface area (Å²) in [6.45, 7) is 14.6. The first kappa shape index (κ1) is 13.2. The van der Waals surface area contributed by atoms with E-state index in [0.717, 1.165) is 12.0 Å². The van der Waals surface area contributed by atoms with Crippen molar-refractivity contribution >= 4 is 0 Å². The fourth-order valence-electron chi connectivity index (χ4n) is 2.48. The maximum Gasteiger partial charge on any atom is 0.0871 e. The molecule has 0 heterocycles. The van der Waals surface area contributed by atoms with Crippen molar-refractivity contribution in [1.29, 1.82) is 0 Å². The number of rotatable bonds is 2. The van der Waals surface area contributed by atoms with Crippen molar-refractivity contribution in [3.63, 3.8) is 0 Å². The van der Waals surface area contributed by atoms with E-state index in [1.807, 2.05) is 13.8 Å². The molecule has 1 aromatic rings. The molecule has 0 aliphatic heterocycles. The van der Waals surface area contributed by atoms with Crippen LogP contribution in [0.4, 0.5) is 0 Å². The molecule has 1 unspecified atom stereocenters. The van der Waals surface area contributed by atoms with E-state index in [1.165, 1.54) is 27.8 Å². The van der Waals surface area contributed by atoms with Crippen LogP contribution in [0.2, 0.25) is 0 Å². The molecule has 0 spiro atoms. The number of hydrogen-bond acceptors (Lipinski definition) is 1. The Morgan fingerprint density at radius 1 is 0.812 bits per heavy atom. The van der Waals surface area contributed by atoms with E-state index in [0.29, 0.717) is 0 Å². The van der Waals surface area contributed by atoms with Crippen LogP contribution in [0.25, 0.3) is 0 Å². The summed E-state index contributed by atoms with van der Waals surface area (Å²) in [4.78, 5) is 0. The molecule has 0 aromatic heterocycles. The Balaban J connectivity index is 3.65. The highest BCUT2D eigenvalue weighted by molar-refractivity contribution is 5.51. The van der Waals surface area contributed by atoms with Gasteiger partial charge in [-0.05, 0) is 81.3 Å². The summed E-state index contributed by atoms with van der Waals surface area (Å²) in [7, 11) is 0. The second kappa shape index (κ2) is 4.21. The lowest BCUT2D eigenvalue weighted by Crippen LogP contribution is -2.24. The van der Waals surface area contributed by atoms with E-state index in [2.05, 4.69) is 34.6 Å². The van der Waals surface area contributed by atoms with Crippen LogP contribution in [0, 0.1) is 34.6 Å². The van der Waals surface area contributed by atoms with E-state index in [4.69, 9.17) is 0 Å². The van der Waals surface area contributed by atoms with Crippen LogP contribution in [-0.4, -0.2) is 5.11 Å². The monoisotopic (exact) mass is 220 g/mol. The van der Waals surface area contributed by atoms with Gasteiger partial charge < -0.3 is 5.11 Å². The molecule has 0 aliphatic rings. The zero-order chi connectivity index (χ0) is 12.7. The topological polar surface area (TPSA) is 20.2 Å². The number of hydrogen-bond donors (Lipinski definition) is 1. The normalized spacial score (nSPS) is 15.0. The Morgan fingerprint density at radius 2 is 1.12 bits per heavy atom. The van der Waals surface area contributed by atoms with Crippen LogP contribution in [0.1, 0.15) is 53.6 Å². The summed E-state index contributed by atoms with van der Waals surface area (Å²) >= 11 is 0. The standard InChI is InChI=1S/C15H24O/c1-8-15(7,16)14-12(5)10(3)9(2)11(4)13(14)6/h16H,8H2,1-7H3. The number of aliphatic hydroxyl groups is 1. The summed E-state index contributed by atoms with van der Waals surface area (Å²) in [5, 5.41) is 10.5. The Hall–Kier alpha value is -0.820. The van der Waals surface area contributed by atoms with Gasteiger partial charge in [0, 0.05) is 0 Å². The molecule has 16 heavy (non-hydrogen) atoms. The third kappa shape index (κ3) is 1.89. The van der Waals surface area contributed by atoms with Crippen molar-refractivity contribution in [2.24, 2.45) is 0 Å². The summed E-state index contributed by atoms with van der Waals surface area (Å²) in [6, 6.07) is 0. The van der Waals surface area contributed by atoms with Gasteiger partial charge in [-0.25, -0.2) is 0 Å². The van der Waals surface area contributed by atoms with E-state index < -0.39 is 5.60 Å². The lowest BCUT2D eigenvalue weighted by Gasteiger charge is -2.29. The molecule has 1 rings (SSSR count). The average molecular weight is 220 g/mol. The fraction of sp³-hybridized carbons (Fsp3) is 0.600. The molecule has 0 fully saturated rings. The molecular formula is C15H24O. The summed E-state index contributed by atoms with van der Waals surface area (Å²) in [6.07, 6.45) is 0.747. The van der Waals surface area contributed by atoms with Gasteiger partial charge >= 0.3 is 0 Å². The minimum atomic E-state index is -0.711. The SMILES string of the molecule is CCC(C)(O)c1c(C)c(C)c(C)c(C)c1C. The molecule has 0 bridgehead atoms. The average Bonchev–Trinajstić information content (AvgIpc) is 2.23. The zero-order valence-corrected chi connectivity index (χ0v) is 11.7. The predicted molar refractivity (Wildman–Crippen MR) is 70.0 cm³/mol. The van der Waals surface area contributed by atoms with Gasteiger partial charge in [-0.15, -0.1) is 0 Å². The first-order valence-electron chi connectivity index (χ1n) is 6.03. The molecule has 1 heteroatoms. The van der Waals surface area contributed by atoms with Crippen molar-refractivity contribution in [2.75, 3.05) is 0 Å². The summed E-state index contributed by atoms with van der Waals surface area (Å²) < 4.78 is 0. The number of benzene rings is 1. The Kier molecular flexibility index (Phi) is 3.49. The third-order valence-corrected chi connectivity index (χ3v) is 4.23. The molecule has 0 saturated heterocycles. The largest absolute Gasteiger partial charge is 0.385 e. The van der Waals surface area contributed by atoms with Crippen molar-refractivity contribution in [3.8, 4) is 0 Å². The molecular weight excluding hydrogens is 196 g/mol. The third-order valence-electron chi connectivity index (χ3n) is 4.23. The van der Waals surface area contributed by atoms with E-state index in [-0.39, 0.29) is 0 Å². The lowest BCUT2D eigenvalue weighted by atomic mass is 9.81. The predicted octanol–water partition coefficient (Wildman–Crippen LogP) is 3.85. The van der Waals surface area contributed by atoms with Gasteiger partial charge in [0.2, 0.25) is 0 Å². The maximum atomic E-state index is 10.5. The Bertz CT molecular complexity index is 385. The summed E-state index contributed by atoms with van der Waals surface area (Å²) in [5.74, 6) is 0. The minimum Gasteiger partial charge on any atom is -0.385 e. The van der Waals surface area contributed by atoms with E-state index in [1.54, 1.807) is 0 Å². The molecule has 1 N–H and O–H groups in total. The van der Waals surface area contributed by atoms with Crippen LogP contribution < -0.4 is 0 Å². The van der Waals surface area contributed by atoms with Gasteiger partial charge in [-0.1, -0.05) is 6.92 Å². The zero-order valence-electron chi connectivity index (χ0n) is 11.7. The Labute approximate surface area is 99.5 Å². The minimum absolute atomic E-state index is 0.711. The van der Waals surface area contributed by atoms with Crippen LogP contribution in [-0.2, 0) is 5.60 Å². The van der Waals surface area contributed by atoms with Crippen LogP contribution >= 0.6 is 0 Å². The first-order chi connectivity index (χ1) is 7.24. The highest BCUT2D eigenvalue weighted by Crippen LogP contribution is 2.35. The highest BCUT2D eigenvalue weighted by atomic mass is 16.3. The van der Waals surface area contributed by atoms with Crippen molar-refractivity contribution < 1.29 is 5.11 Å². The smallest absolute Gasteiger partial charge is 0.0871 e. The second-order valence-corrected chi connectivity index (χ2v) is 5.13. The van der Waals surface area contributed by atoms with Gasteiger partial charge in [0.15, 0.2) is 0 Å². The quantitative estimate of drug-likeness (QED) is 0.802. The molecule has 1 aromatic carbocycles. The molecule has 90 valence electrons. The molecule has 1 nitrogen and oxygen atoms in total. The highest BCUT2D eigenvalue weighted by Gasteiger charge is 2.27. The van der Waals surface area contributed by atoms with Crippen LogP contribution in [0.5, 0.6) is 0 Å². The van der Waals surface area contributed by atoms with Crippen LogP contribution in [0.3, 0.4) is 0 Å². The van der Waals surface area contributed by atoms with Gasteiger partial charge in [-0.2, -0.15) is 0 Å². The summed E-state index contributed by atoms with van der Waals surface area (Å²) in [5.41, 5.74) is 6.87. The van der Waals surface area contributed by atoms with Crippen LogP contribution in [0.15, 0.2) is 0 Å². The first-order valence-corrected chi connectivity index (χ1v) is 6.03. The second-order valence-electron chi connectivity index (χ2n) is 5.13. The molecule has 1 atom stereocenters. The lowest BCUT2D eigenvalue weighted by molar-refractivity contribution is 0.0516. The fourth-order valence-corrected chi connectivity index (χ4v) is 2.48. The molecule has 0 saturated carbocycles. The van der Waals surface area contributed by atoms with Crippen molar-refractivity contribution in [1.82, 2.24) is 0 Å². The Morgan fingerprint density at radius 3 is 1.44 bits per heavy atom. The maximum absolute atomic E-state index is 10.5. The van der Waals surface area contributed by atoms with Gasteiger partial charge in [-0.3, -0.25) is 0 Å². The van der Waals surface area contributed by atoms with Gasteiger partial charge in [0.1, 0.15) is 0 Å². The molecule has 0 amide bonds. The van der Waals surface area contributed by atoms with Crippen molar-refractivity contribution in [2.45, 2.75) is 60.5 Å². The van der Waals surface area contributed by atoms with Gasteiger partial charge in [0.25, 0.3) is 0 Å².